The van der Waals surface area contributed by atoms with Crippen LogP contribution in [0.4, 0.5) is 30.4 Å². The molecule has 5 N–H and O–H groups in total. The van der Waals surface area contributed by atoms with Gasteiger partial charge in [-0.05, 0) is 47.9 Å². The molecule has 3 atom stereocenters. The number of carbonyl (C=O) groups is 2. The number of nitrogens with zero attached hydrogens (tertiary/aromatic N) is 2. The Morgan fingerprint density at radius 2 is 1.88 bits per heavy atom. The van der Waals surface area contributed by atoms with E-state index in [1.807, 2.05) is 0 Å². The third-order valence-corrected chi connectivity index (χ3v) is 7.28. The Morgan fingerprint density at radius 1 is 1.10 bits per heavy atom. The molecule has 2 fully saturated rings. The van der Waals surface area contributed by atoms with Crippen LogP contribution >= 0.6 is 0 Å². The molecule has 220 valence electrons. The van der Waals surface area contributed by atoms with Gasteiger partial charge in [-0.1, -0.05) is 36.4 Å². The van der Waals surface area contributed by atoms with E-state index in [2.05, 4.69) is 25.8 Å². The second-order valence-electron chi connectivity index (χ2n) is 10.2. The average molecular weight is 581 g/mol. The van der Waals surface area contributed by atoms with E-state index in [-0.39, 0.29) is 17.8 Å². The number of carbonyl (C=O) groups excluding carboxylic acids is 2. The average Bonchev–Trinajstić information content (AvgIpc) is 3.59. The van der Waals surface area contributed by atoms with E-state index in [1.54, 1.807) is 54.6 Å². The second kappa shape index (κ2) is 12.7. The van der Waals surface area contributed by atoms with E-state index in [9.17, 15) is 22.8 Å². The summed E-state index contributed by atoms with van der Waals surface area (Å²) in [5.74, 6) is -0.795. The summed E-state index contributed by atoms with van der Waals surface area (Å²) < 4.78 is 44.4. The lowest BCUT2D eigenvalue weighted by Crippen LogP contribution is -2.43. The minimum absolute atomic E-state index is 0.0124. The van der Waals surface area contributed by atoms with Gasteiger partial charge in [0.1, 0.15) is 11.9 Å². The number of alkyl halides is 3. The van der Waals surface area contributed by atoms with Crippen LogP contribution in [-0.4, -0.2) is 60.1 Å². The van der Waals surface area contributed by atoms with Gasteiger partial charge in [-0.15, -0.1) is 0 Å². The fourth-order valence-corrected chi connectivity index (χ4v) is 5.06. The molecule has 2 bridgehead atoms. The number of nitrogens with one attached hydrogen (secondary N) is 3. The lowest BCUT2D eigenvalue weighted by molar-refractivity contribution is -0.137. The molecule has 12 heteroatoms. The van der Waals surface area contributed by atoms with E-state index in [4.69, 9.17) is 10.5 Å². The number of rotatable bonds is 10. The van der Waals surface area contributed by atoms with Gasteiger partial charge in [-0.2, -0.15) is 13.2 Å². The van der Waals surface area contributed by atoms with Gasteiger partial charge in [-0.25, -0.2) is 4.98 Å². The quantitative estimate of drug-likeness (QED) is 0.211. The third kappa shape index (κ3) is 7.32. The van der Waals surface area contributed by atoms with Crippen LogP contribution in [0, 0.1) is 0 Å². The van der Waals surface area contributed by atoms with E-state index >= 15 is 0 Å². The van der Waals surface area contributed by atoms with Crippen molar-refractivity contribution < 1.29 is 27.5 Å². The third-order valence-electron chi connectivity index (χ3n) is 7.28. The number of nitrogens with two attached hydrogens (primary N) is 1. The molecule has 2 unspecified atom stereocenters. The van der Waals surface area contributed by atoms with Crippen LogP contribution in [0.25, 0.3) is 6.08 Å². The maximum atomic E-state index is 13.3. The Hall–Kier alpha value is -4.26. The number of pyridine rings is 1. The number of hydrogen-bond acceptors (Lipinski definition) is 7. The zero-order chi connectivity index (χ0) is 29.7. The molecule has 5 rings (SSSR count). The molecule has 2 aliphatic heterocycles. The highest BCUT2D eigenvalue weighted by atomic mass is 19.4. The molecule has 3 aromatic rings. The molecule has 42 heavy (non-hydrogen) atoms. The summed E-state index contributed by atoms with van der Waals surface area (Å²) in [7, 11) is 0. The van der Waals surface area contributed by atoms with Gasteiger partial charge in [0.15, 0.2) is 0 Å². The summed E-state index contributed by atoms with van der Waals surface area (Å²) in [6.45, 7) is 2.78. The van der Waals surface area contributed by atoms with Crippen LogP contribution in [-0.2, 0) is 20.5 Å². The predicted octanol–water partition coefficient (Wildman–Crippen LogP) is 4.08. The van der Waals surface area contributed by atoms with Crippen molar-refractivity contribution in [3.63, 3.8) is 0 Å². The Kier molecular flexibility index (Phi) is 8.86. The molecule has 1 aromatic heterocycles. The zero-order valence-electron chi connectivity index (χ0n) is 22.6. The molecule has 2 aromatic carbocycles. The number of likely N-dealkylation sites (tertiary alicyclic amines) is 1. The van der Waals surface area contributed by atoms with Crippen molar-refractivity contribution in [2.45, 2.75) is 30.8 Å². The fourth-order valence-electron chi connectivity index (χ4n) is 5.06. The van der Waals surface area contributed by atoms with E-state index in [0.29, 0.717) is 48.9 Å². The predicted molar refractivity (Wildman–Crippen MR) is 153 cm³/mol. The summed E-state index contributed by atoms with van der Waals surface area (Å²) >= 11 is 0. The van der Waals surface area contributed by atoms with Gasteiger partial charge in [0.05, 0.1) is 29.6 Å². The molecule has 2 saturated heterocycles. The zero-order valence-corrected chi connectivity index (χ0v) is 22.6. The van der Waals surface area contributed by atoms with Crippen molar-refractivity contribution in [2.75, 3.05) is 42.6 Å². The van der Waals surface area contributed by atoms with Crippen molar-refractivity contribution in [1.82, 2.24) is 15.2 Å². The molecule has 2 aliphatic rings. The van der Waals surface area contributed by atoms with Crippen molar-refractivity contribution >= 4 is 35.1 Å². The Labute approximate surface area is 240 Å². The van der Waals surface area contributed by atoms with Crippen LogP contribution < -0.4 is 21.7 Å². The maximum absolute atomic E-state index is 13.3. The highest BCUT2D eigenvalue weighted by molar-refractivity contribution is 6.03. The number of halogens is 3. The van der Waals surface area contributed by atoms with Gasteiger partial charge >= 0.3 is 6.18 Å². The van der Waals surface area contributed by atoms with E-state index < -0.39 is 23.7 Å². The summed E-state index contributed by atoms with van der Waals surface area (Å²) in [6.07, 6.45) is 0.449. The number of hydrogen-bond donors (Lipinski definition) is 4. The molecule has 3 heterocycles. The van der Waals surface area contributed by atoms with Crippen molar-refractivity contribution in [3.8, 4) is 0 Å². The topological polar surface area (TPSA) is 122 Å². The summed E-state index contributed by atoms with van der Waals surface area (Å²) in [4.78, 5) is 31.7. The summed E-state index contributed by atoms with van der Waals surface area (Å²) in [5.41, 5.74) is 7.31. The molecule has 9 nitrogen and oxygen atoms in total. The SMILES string of the molecule is Nc1ccccc1NC(=O)/C=C/c1ccc([C@H](NCCN2CC3CC2CO3)C(=O)Nc2ccc(C(F)(F)F)cn2)cc1. The van der Waals surface area contributed by atoms with E-state index in [0.717, 1.165) is 30.7 Å². The van der Waals surface area contributed by atoms with Crippen LogP contribution in [0.5, 0.6) is 0 Å². The first-order valence-corrected chi connectivity index (χ1v) is 13.5. The molecule has 2 amide bonds. The number of fused-ring (bicyclic) bond motifs is 2. The fraction of sp³-hybridized carbons (Fsp3) is 0.300. The number of para-hydroxylation sites is 2. The minimum Gasteiger partial charge on any atom is -0.397 e. The lowest BCUT2D eigenvalue weighted by atomic mass is 10.0. The number of amides is 2. The normalized spacial score (nSPS) is 19.2. The monoisotopic (exact) mass is 580 g/mol. The van der Waals surface area contributed by atoms with Crippen LogP contribution in [0.2, 0.25) is 0 Å². The Bertz CT molecular complexity index is 1430. The molecule has 0 spiro atoms. The first-order valence-electron chi connectivity index (χ1n) is 13.5. The molecule has 0 aliphatic carbocycles. The van der Waals surface area contributed by atoms with Crippen molar-refractivity contribution in [1.29, 1.82) is 0 Å². The van der Waals surface area contributed by atoms with Crippen LogP contribution in [0.3, 0.4) is 0 Å². The van der Waals surface area contributed by atoms with Gasteiger partial charge in [0, 0.05) is 37.9 Å². The number of benzene rings is 2. The van der Waals surface area contributed by atoms with Gasteiger partial charge in [0.2, 0.25) is 11.8 Å². The van der Waals surface area contributed by atoms with Gasteiger partial charge < -0.3 is 26.4 Å². The van der Waals surface area contributed by atoms with Gasteiger partial charge in [0.25, 0.3) is 0 Å². The molecular weight excluding hydrogens is 549 g/mol. The highest BCUT2D eigenvalue weighted by Crippen LogP contribution is 2.29. The molecule has 0 saturated carbocycles. The second-order valence-corrected chi connectivity index (χ2v) is 10.2. The number of morpholine rings is 1. The highest BCUT2D eigenvalue weighted by Gasteiger charge is 2.38. The Morgan fingerprint density at radius 3 is 2.52 bits per heavy atom. The number of aromatic nitrogens is 1. The maximum Gasteiger partial charge on any atom is 0.417 e. The molecular formula is C30H31F3N6O3. The largest absolute Gasteiger partial charge is 0.417 e. The standard InChI is InChI=1S/C30H31F3N6O3/c31-30(32,33)21-10-11-26(36-16-21)38-29(41)28(35-13-14-39-17-23-15-22(39)18-42-23)20-8-5-19(6-9-20)7-12-27(40)37-25-4-2-1-3-24(25)34/h1-12,16,22-23,28,35H,13-15,17-18,34H2,(H,37,40)(H,36,38,41)/b12-7+/t22?,23?,28-/m0/s1. The number of nitrogen functional groups attached to an aromatic ring is 1. The van der Waals surface area contributed by atoms with Crippen molar-refractivity contribution in [3.05, 3.63) is 89.6 Å². The van der Waals surface area contributed by atoms with Gasteiger partial charge in [-0.3, -0.25) is 14.5 Å². The number of anilines is 3. The number of ether oxygens (including phenoxy) is 1. The summed E-state index contributed by atoms with van der Waals surface area (Å²) in [6, 6.07) is 15.6. The molecule has 0 radical (unpaired) electrons. The smallest absolute Gasteiger partial charge is 0.397 e. The van der Waals surface area contributed by atoms with Crippen molar-refractivity contribution in [2.24, 2.45) is 0 Å². The Balaban J connectivity index is 1.25. The van der Waals surface area contributed by atoms with Crippen LogP contribution in [0.1, 0.15) is 29.2 Å². The van der Waals surface area contributed by atoms with Crippen LogP contribution in [0.15, 0.2) is 72.9 Å². The lowest BCUT2D eigenvalue weighted by Gasteiger charge is -2.27. The summed E-state index contributed by atoms with van der Waals surface area (Å²) in [5, 5.41) is 8.62. The first-order chi connectivity index (χ1) is 20.2. The first kappa shape index (κ1) is 29.2. The minimum atomic E-state index is -4.52. The van der Waals surface area contributed by atoms with E-state index in [1.165, 1.54) is 6.08 Å².